The molecule has 1 unspecified atom stereocenters. The van der Waals surface area contributed by atoms with Crippen molar-refractivity contribution >= 4 is 70.5 Å². The Labute approximate surface area is 421 Å². The first-order chi connectivity index (χ1) is 34.2. The molecular weight excluding hydrogens is 989 g/mol. The number of alkyl halides is 3. The average molecular weight is 1030 g/mol. The lowest BCUT2D eigenvalue weighted by atomic mass is 9.95. The molecule has 3 saturated heterocycles. The second kappa shape index (κ2) is 23.2. The van der Waals surface area contributed by atoms with Crippen LogP contribution in [0.25, 0.3) is 0 Å². The van der Waals surface area contributed by atoms with Crippen molar-refractivity contribution in [3.63, 3.8) is 0 Å². The van der Waals surface area contributed by atoms with Gasteiger partial charge in [0.05, 0.1) is 28.9 Å². The Kier molecular flexibility index (Phi) is 16.7. The van der Waals surface area contributed by atoms with Crippen LogP contribution in [-0.4, -0.2) is 114 Å². The van der Waals surface area contributed by atoms with Gasteiger partial charge in [-0.25, -0.2) is 19.2 Å². The lowest BCUT2D eigenvalue weighted by Crippen LogP contribution is -2.68. The van der Waals surface area contributed by atoms with Gasteiger partial charge in [-0.1, -0.05) is 138 Å². The fraction of sp³-hybridized carbons (Fsp3) is 0.294. The number of hydrogen-bond donors (Lipinski definition) is 1. The summed E-state index contributed by atoms with van der Waals surface area (Å²) in [6.07, 6.45) is -17.5. The molecule has 3 heterocycles. The predicted molar refractivity (Wildman–Crippen MR) is 251 cm³/mol. The van der Waals surface area contributed by atoms with Crippen LogP contribution in [0.1, 0.15) is 60.2 Å². The first-order valence-electron chi connectivity index (χ1n) is 22.0. The summed E-state index contributed by atoms with van der Waals surface area (Å²) in [4.78, 5) is 69.3. The molecule has 3 fully saturated rings. The average Bonchev–Trinajstić information content (AvgIpc) is 3.38. The zero-order chi connectivity index (χ0) is 50.1. The van der Waals surface area contributed by atoms with Crippen molar-refractivity contribution in [3.8, 4) is 0 Å². The molecule has 8 rings (SSSR count). The molecule has 17 nitrogen and oxygen atoms in total. The Balaban J connectivity index is 1.26. The van der Waals surface area contributed by atoms with Crippen LogP contribution in [-0.2, 0) is 56.9 Å². The van der Waals surface area contributed by atoms with Gasteiger partial charge in [0.1, 0.15) is 31.0 Å². The summed E-state index contributed by atoms with van der Waals surface area (Å²) in [5.74, 6) is -5.48. The molecule has 0 saturated carbocycles. The topological polar surface area (TPSA) is 211 Å². The molecule has 370 valence electrons. The van der Waals surface area contributed by atoms with E-state index in [4.69, 9.17) is 92.3 Å². The molecule has 0 amide bonds. The molecule has 0 aromatic heterocycles. The Bertz CT molecular complexity index is 2630. The van der Waals surface area contributed by atoms with E-state index in [1.807, 2.05) is 0 Å². The third-order valence-corrected chi connectivity index (χ3v) is 11.7. The summed E-state index contributed by atoms with van der Waals surface area (Å²) in [5.41, 5.74) is 0.891. The molecule has 3 aliphatic heterocycles. The van der Waals surface area contributed by atoms with E-state index in [0.29, 0.717) is 5.56 Å². The maximum Gasteiger partial charge on any atom is 0.338 e. The zero-order valence-electron chi connectivity index (χ0n) is 37.4. The SMILES string of the molecule is CC(=O)O[C@H]1[C@@H](OC(=N)C(Cl)(Cl)Cl)O[C@@H]2COC(c3ccccc3)O[C@H]2[C@@H]1O[C@@H]1O[C@H](COC(=O)c2ccccc2)[C@@H](OC(=O)c2ccccc2)[C@H](OC(=O)c2ccccc2)[C@H]1OC(=O)c1ccccc1. The molecule has 0 aliphatic carbocycles. The highest BCUT2D eigenvalue weighted by Crippen LogP contribution is 2.41. The summed E-state index contributed by atoms with van der Waals surface area (Å²) in [6, 6.07) is 40.2. The molecule has 0 bridgehead atoms. The van der Waals surface area contributed by atoms with Crippen LogP contribution in [0.4, 0.5) is 0 Å². The number of carbonyl (C=O) groups excluding carboxylic acids is 5. The molecular formula is C51H44Cl3NO16. The first kappa shape index (κ1) is 51.0. The van der Waals surface area contributed by atoms with Crippen LogP contribution in [0.2, 0.25) is 0 Å². The van der Waals surface area contributed by atoms with E-state index < -0.39 is 114 Å². The lowest BCUT2D eigenvalue weighted by Gasteiger charge is -2.51. The number of hydrogen-bond acceptors (Lipinski definition) is 17. The van der Waals surface area contributed by atoms with Crippen LogP contribution in [0.15, 0.2) is 152 Å². The Morgan fingerprint density at radius 1 is 0.535 bits per heavy atom. The molecule has 5 aromatic rings. The molecule has 20 heteroatoms. The Morgan fingerprint density at radius 2 is 0.986 bits per heavy atom. The van der Waals surface area contributed by atoms with Crippen molar-refractivity contribution in [2.75, 3.05) is 13.2 Å². The van der Waals surface area contributed by atoms with E-state index in [2.05, 4.69) is 0 Å². The molecule has 0 spiro atoms. The van der Waals surface area contributed by atoms with Gasteiger partial charge in [-0.05, 0) is 48.5 Å². The van der Waals surface area contributed by atoms with Crippen molar-refractivity contribution in [3.05, 3.63) is 179 Å². The van der Waals surface area contributed by atoms with Gasteiger partial charge < -0.3 is 52.1 Å². The fourth-order valence-electron chi connectivity index (χ4n) is 7.87. The monoisotopic (exact) mass is 1030 g/mol. The lowest BCUT2D eigenvalue weighted by molar-refractivity contribution is -0.386. The normalized spacial score (nSPS) is 26.1. The minimum absolute atomic E-state index is 0.0391. The molecule has 0 radical (unpaired) electrons. The molecule has 11 atom stereocenters. The van der Waals surface area contributed by atoms with Crippen LogP contribution in [0.5, 0.6) is 0 Å². The van der Waals surface area contributed by atoms with Crippen molar-refractivity contribution < 1.29 is 76.1 Å². The molecule has 1 N–H and O–H groups in total. The van der Waals surface area contributed by atoms with Gasteiger partial charge in [0.25, 0.3) is 3.79 Å². The number of esters is 5. The van der Waals surface area contributed by atoms with E-state index in [1.54, 1.807) is 103 Å². The van der Waals surface area contributed by atoms with Crippen molar-refractivity contribution in [1.29, 1.82) is 5.41 Å². The minimum Gasteiger partial charge on any atom is -0.459 e. The standard InChI is InChI=1S/C51H44Cl3NO16/c1-29(56)63-41-40(38-36(65-49(41)71-50(55)51(52,53)54)28-62-47(69-38)34-25-15-6-16-26-34)70-48-42(68-46(60)33-23-13-5-14-24-33)39(67-45(59)32-21-11-4-12-22-32)37(66-44(58)31-19-9-3-10-20-31)35(64-48)27-61-43(57)30-17-7-2-8-18-30/h2-26,35-42,47-49,55H,27-28H2,1H3/t35-,36-,37-,38-,39+,40+,41-,42-,47?,48+,49-/m1/s1. The van der Waals surface area contributed by atoms with Gasteiger partial charge in [-0.3, -0.25) is 10.2 Å². The zero-order valence-corrected chi connectivity index (χ0v) is 39.6. The van der Waals surface area contributed by atoms with Gasteiger partial charge in [0.15, 0.2) is 37.0 Å². The molecule has 5 aromatic carbocycles. The number of carbonyl (C=O) groups is 5. The fourth-order valence-corrected chi connectivity index (χ4v) is 8.00. The number of fused-ring (bicyclic) bond motifs is 1. The third-order valence-electron chi connectivity index (χ3n) is 11.2. The largest absolute Gasteiger partial charge is 0.459 e. The molecule has 71 heavy (non-hydrogen) atoms. The summed E-state index contributed by atoms with van der Waals surface area (Å²) < 4.78 is 65.9. The van der Waals surface area contributed by atoms with Crippen LogP contribution >= 0.6 is 34.8 Å². The van der Waals surface area contributed by atoms with E-state index in [0.717, 1.165) is 6.92 Å². The van der Waals surface area contributed by atoms with Crippen LogP contribution in [0.3, 0.4) is 0 Å². The minimum atomic E-state index is -2.43. The maximum absolute atomic E-state index is 14.3. The second-order valence-corrected chi connectivity index (χ2v) is 18.3. The quantitative estimate of drug-likeness (QED) is 0.0370. The van der Waals surface area contributed by atoms with E-state index in [1.165, 1.54) is 48.5 Å². The molecule has 3 aliphatic rings. The van der Waals surface area contributed by atoms with Gasteiger partial charge in [0, 0.05) is 12.5 Å². The van der Waals surface area contributed by atoms with Crippen molar-refractivity contribution in [2.24, 2.45) is 0 Å². The van der Waals surface area contributed by atoms with Crippen molar-refractivity contribution in [2.45, 2.75) is 78.4 Å². The van der Waals surface area contributed by atoms with Gasteiger partial charge in [0.2, 0.25) is 12.2 Å². The Morgan fingerprint density at radius 3 is 1.48 bits per heavy atom. The Hall–Kier alpha value is -6.41. The highest BCUT2D eigenvalue weighted by molar-refractivity contribution is 6.76. The summed E-state index contributed by atoms with van der Waals surface area (Å²) in [7, 11) is 0. The predicted octanol–water partition coefficient (Wildman–Crippen LogP) is 7.77. The van der Waals surface area contributed by atoms with Gasteiger partial charge >= 0.3 is 29.8 Å². The summed E-state index contributed by atoms with van der Waals surface area (Å²) >= 11 is 18.1. The van der Waals surface area contributed by atoms with Gasteiger partial charge in [-0.15, -0.1) is 0 Å². The summed E-state index contributed by atoms with van der Waals surface area (Å²) in [6.45, 7) is 0.197. The van der Waals surface area contributed by atoms with E-state index in [-0.39, 0.29) is 28.9 Å². The maximum atomic E-state index is 14.3. The summed E-state index contributed by atoms with van der Waals surface area (Å²) in [5, 5.41) is 8.45. The highest BCUT2D eigenvalue weighted by Gasteiger charge is 2.59. The van der Waals surface area contributed by atoms with Crippen molar-refractivity contribution in [1.82, 2.24) is 0 Å². The highest BCUT2D eigenvalue weighted by atomic mass is 35.6. The number of benzene rings is 5. The van der Waals surface area contributed by atoms with Crippen LogP contribution < -0.4 is 0 Å². The smallest absolute Gasteiger partial charge is 0.338 e. The number of ether oxygens (including phenoxy) is 11. The van der Waals surface area contributed by atoms with Crippen LogP contribution in [0, 0.1) is 5.41 Å². The van der Waals surface area contributed by atoms with E-state index >= 15 is 0 Å². The van der Waals surface area contributed by atoms with E-state index in [9.17, 15) is 24.0 Å². The number of halogens is 3. The number of nitrogens with one attached hydrogen (secondary N) is 1. The third kappa shape index (κ3) is 12.7. The first-order valence-corrected chi connectivity index (χ1v) is 23.1. The number of rotatable bonds is 14. The van der Waals surface area contributed by atoms with Gasteiger partial charge in [-0.2, -0.15) is 0 Å². The second-order valence-electron chi connectivity index (χ2n) is 16.1.